The van der Waals surface area contributed by atoms with Gasteiger partial charge in [0.15, 0.2) is 0 Å². The van der Waals surface area contributed by atoms with E-state index in [2.05, 4.69) is 61.0 Å². The Bertz CT molecular complexity index is 274. The summed E-state index contributed by atoms with van der Waals surface area (Å²) in [4.78, 5) is 0.642. The van der Waals surface area contributed by atoms with Crippen molar-refractivity contribution in [3.05, 3.63) is 35.4 Å². The van der Waals surface area contributed by atoms with Crippen LogP contribution in [0.4, 0.5) is 0 Å². The predicted molar refractivity (Wildman–Crippen MR) is 71.7 cm³/mol. The summed E-state index contributed by atoms with van der Waals surface area (Å²) in [6.07, 6.45) is 3.54. The standard InChI is InChI=1S/C14H21Br/c1-4-12-5-7-13(8-6-12)9-10-14(15)11(2)3/h5-8,11,14H,4,9-10H2,1-3H3. The highest BCUT2D eigenvalue weighted by molar-refractivity contribution is 9.09. The van der Waals surface area contributed by atoms with Crippen molar-refractivity contribution < 1.29 is 0 Å². The van der Waals surface area contributed by atoms with E-state index in [4.69, 9.17) is 0 Å². The third kappa shape index (κ3) is 4.38. The number of benzene rings is 1. The van der Waals surface area contributed by atoms with Gasteiger partial charge in [0, 0.05) is 4.83 Å². The summed E-state index contributed by atoms with van der Waals surface area (Å²) >= 11 is 3.73. The van der Waals surface area contributed by atoms with E-state index in [0.29, 0.717) is 4.83 Å². The summed E-state index contributed by atoms with van der Waals surface area (Å²) in [6, 6.07) is 9.01. The first-order chi connectivity index (χ1) is 7.13. The van der Waals surface area contributed by atoms with E-state index in [0.717, 1.165) is 12.3 Å². The highest BCUT2D eigenvalue weighted by atomic mass is 79.9. The maximum absolute atomic E-state index is 3.73. The van der Waals surface area contributed by atoms with E-state index in [1.165, 1.54) is 24.0 Å². The first kappa shape index (κ1) is 12.8. The minimum Gasteiger partial charge on any atom is -0.0888 e. The molecule has 0 N–H and O–H groups in total. The summed E-state index contributed by atoms with van der Waals surface area (Å²) < 4.78 is 0. The molecule has 1 atom stereocenters. The Labute approximate surface area is 102 Å². The molecule has 1 unspecified atom stereocenters. The van der Waals surface area contributed by atoms with Gasteiger partial charge in [-0.25, -0.2) is 0 Å². The minimum absolute atomic E-state index is 0.642. The van der Waals surface area contributed by atoms with Crippen LogP contribution >= 0.6 is 15.9 Å². The van der Waals surface area contributed by atoms with Crippen molar-refractivity contribution in [1.82, 2.24) is 0 Å². The molecule has 0 bridgehead atoms. The molecule has 0 amide bonds. The highest BCUT2D eigenvalue weighted by Crippen LogP contribution is 2.18. The van der Waals surface area contributed by atoms with Crippen LogP contribution in [0.25, 0.3) is 0 Å². The van der Waals surface area contributed by atoms with Crippen molar-refractivity contribution in [3.63, 3.8) is 0 Å². The molecule has 0 fully saturated rings. The molecule has 0 radical (unpaired) electrons. The van der Waals surface area contributed by atoms with Crippen LogP contribution in [0.3, 0.4) is 0 Å². The molecule has 84 valence electrons. The molecule has 0 saturated heterocycles. The first-order valence-electron chi connectivity index (χ1n) is 5.85. The van der Waals surface area contributed by atoms with Crippen molar-refractivity contribution >= 4 is 15.9 Å². The molecule has 1 rings (SSSR count). The fraction of sp³-hybridized carbons (Fsp3) is 0.571. The second kappa shape index (κ2) is 6.32. The number of aryl methyl sites for hydroxylation is 2. The monoisotopic (exact) mass is 268 g/mol. The van der Waals surface area contributed by atoms with Gasteiger partial charge in [-0.05, 0) is 36.3 Å². The number of alkyl halides is 1. The third-order valence-electron chi connectivity index (χ3n) is 2.86. The molecule has 1 aromatic carbocycles. The minimum atomic E-state index is 0.642. The van der Waals surface area contributed by atoms with Crippen LogP contribution < -0.4 is 0 Å². The van der Waals surface area contributed by atoms with Crippen LogP contribution in [0.5, 0.6) is 0 Å². The fourth-order valence-electron chi connectivity index (χ4n) is 1.58. The van der Waals surface area contributed by atoms with Gasteiger partial charge in [-0.3, -0.25) is 0 Å². The van der Waals surface area contributed by atoms with Crippen LogP contribution in [0.2, 0.25) is 0 Å². The van der Waals surface area contributed by atoms with E-state index in [1.54, 1.807) is 0 Å². The summed E-state index contributed by atoms with van der Waals surface area (Å²) in [6.45, 7) is 6.72. The van der Waals surface area contributed by atoms with Crippen molar-refractivity contribution in [3.8, 4) is 0 Å². The van der Waals surface area contributed by atoms with E-state index in [1.807, 2.05) is 0 Å². The highest BCUT2D eigenvalue weighted by Gasteiger charge is 2.08. The molecule has 15 heavy (non-hydrogen) atoms. The van der Waals surface area contributed by atoms with Crippen molar-refractivity contribution in [1.29, 1.82) is 0 Å². The number of hydrogen-bond donors (Lipinski definition) is 0. The summed E-state index contributed by atoms with van der Waals surface area (Å²) in [5.74, 6) is 0.722. The molecule has 1 aromatic rings. The normalized spacial score (nSPS) is 13.1. The van der Waals surface area contributed by atoms with Gasteiger partial charge in [-0.15, -0.1) is 0 Å². The SMILES string of the molecule is CCc1ccc(CCC(Br)C(C)C)cc1. The third-order valence-corrected chi connectivity index (χ3v) is 4.38. The quantitative estimate of drug-likeness (QED) is 0.685. The lowest BCUT2D eigenvalue weighted by Crippen LogP contribution is -2.08. The molecule has 0 heterocycles. The molecule has 0 aliphatic rings. The van der Waals surface area contributed by atoms with Gasteiger partial charge in [0.05, 0.1) is 0 Å². The summed E-state index contributed by atoms with van der Waals surface area (Å²) in [5.41, 5.74) is 2.88. The largest absolute Gasteiger partial charge is 0.0888 e. The van der Waals surface area contributed by atoms with Gasteiger partial charge in [0.1, 0.15) is 0 Å². The molecular formula is C14H21Br. The van der Waals surface area contributed by atoms with Crippen molar-refractivity contribution in [2.45, 2.75) is 44.9 Å². The van der Waals surface area contributed by atoms with Crippen molar-refractivity contribution in [2.24, 2.45) is 5.92 Å². The first-order valence-corrected chi connectivity index (χ1v) is 6.77. The average Bonchev–Trinajstić information content (AvgIpc) is 2.26. The molecule has 0 aliphatic heterocycles. The second-order valence-electron chi connectivity index (χ2n) is 4.47. The summed E-state index contributed by atoms with van der Waals surface area (Å²) in [7, 11) is 0. The second-order valence-corrected chi connectivity index (χ2v) is 5.64. The Morgan fingerprint density at radius 3 is 2.07 bits per heavy atom. The molecule has 0 spiro atoms. The average molecular weight is 269 g/mol. The Morgan fingerprint density at radius 2 is 1.60 bits per heavy atom. The van der Waals surface area contributed by atoms with Gasteiger partial charge in [-0.2, -0.15) is 0 Å². The smallest absolute Gasteiger partial charge is 0.0172 e. The zero-order valence-electron chi connectivity index (χ0n) is 9.96. The van der Waals surface area contributed by atoms with E-state index in [9.17, 15) is 0 Å². The number of rotatable bonds is 5. The lowest BCUT2D eigenvalue weighted by atomic mass is 10.0. The molecule has 0 aromatic heterocycles. The lowest BCUT2D eigenvalue weighted by Gasteiger charge is -2.13. The van der Waals surface area contributed by atoms with Crippen LogP contribution in [0, 0.1) is 5.92 Å². The number of halogens is 1. The van der Waals surface area contributed by atoms with Crippen LogP contribution in [0.15, 0.2) is 24.3 Å². The Morgan fingerprint density at radius 1 is 1.07 bits per heavy atom. The maximum atomic E-state index is 3.73. The molecule has 1 heteroatoms. The Balaban J connectivity index is 2.44. The van der Waals surface area contributed by atoms with Gasteiger partial charge < -0.3 is 0 Å². The van der Waals surface area contributed by atoms with Crippen molar-refractivity contribution in [2.75, 3.05) is 0 Å². The van der Waals surface area contributed by atoms with Gasteiger partial charge in [0.2, 0.25) is 0 Å². The van der Waals surface area contributed by atoms with Gasteiger partial charge in [0.25, 0.3) is 0 Å². The van der Waals surface area contributed by atoms with Gasteiger partial charge in [-0.1, -0.05) is 61.0 Å². The molecule has 0 saturated carbocycles. The zero-order chi connectivity index (χ0) is 11.3. The maximum Gasteiger partial charge on any atom is 0.0172 e. The predicted octanol–water partition coefficient (Wildman–Crippen LogP) is 4.60. The lowest BCUT2D eigenvalue weighted by molar-refractivity contribution is 0.582. The molecule has 0 aliphatic carbocycles. The van der Waals surface area contributed by atoms with Crippen LogP contribution in [0.1, 0.15) is 38.3 Å². The molecular weight excluding hydrogens is 248 g/mol. The van der Waals surface area contributed by atoms with E-state index in [-0.39, 0.29) is 0 Å². The topological polar surface area (TPSA) is 0 Å². The van der Waals surface area contributed by atoms with E-state index < -0.39 is 0 Å². The Kier molecular flexibility index (Phi) is 5.38. The Hall–Kier alpha value is -0.300. The molecule has 0 nitrogen and oxygen atoms in total. The van der Waals surface area contributed by atoms with Crippen LogP contribution in [-0.4, -0.2) is 4.83 Å². The fourth-order valence-corrected chi connectivity index (χ4v) is 1.81. The summed E-state index contributed by atoms with van der Waals surface area (Å²) in [5, 5.41) is 0. The van der Waals surface area contributed by atoms with Crippen LogP contribution in [-0.2, 0) is 12.8 Å². The van der Waals surface area contributed by atoms with Gasteiger partial charge >= 0.3 is 0 Å². The zero-order valence-corrected chi connectivity index (χ0v) is 11.5. The van der Waals surface area contributed by atoms with E-state index >= 15 is 0 Å². The number of hydrogen-bond acceptors (Lipinski definition) is 0.